The van der Waals surface area contributed by atoms with Gasteiger partial charge in [0.05, 0.1) is 16.8 Å². The Morgan fingerprint density at radius 2 is 1.76 bits per heavy atom. The molecule has 4 rings (SSSR count). The van der Waals surface area contributed by atoms with Gasteiger partial charge in [0.15, 0.2) is 0 Å². The number of aryl methyl sites for hydroxylation is 2. The number of aromatic nitrogens is 4. The summed E-state index contributed by atoms with van der Waals surface area (Å²) in [5.74, 6) is 1.19. The van der Waals surface area contributed by atoms with Gasteiger partial charge in [-0.1, -0.05) is 32.0 Å². The van der Waals surface area contributed by atoms with Crippen molar-refractivity contribution in [2.24, 2.45) is 5.92 Å². The number of fused-ring (bicyclic) bond motifs is 1. The molecule has 0 spiro atoms. The second-order valence-corrected chi connectivity index (χ2v) is 8.75. The molecule has 0 saturated carbocycles. The first-order chi connectivity index (χ1) is 16.4. The number of para-hydroxylation sites is 1. The van der Waals surface area contributed by atoms with Crippen LogP contribution in [0, 0.1) is 19.8 Å². The van der Waals surface area contributed by atoms with Crippen LogP contribution in [0.1, 0.15) is 47.1 Å². The van der Waals surface area contributed by atoms with Crippen LogP contribution in [-0.4, -0.2) is 39.4 Å². The van der Waals surface area contributed by atoms with Crippen LogP contribution < -0.4 is 10.6 Å². The predicted octanol–water partition coefficient (Wildman–Crippen LogP) is 4.91. The van der Waals surface area contributed by atoms with Gasteiger partial charge in [0, 0.05) is 48.2 Å². The quantitative estimate of drug-likeness (QED) is 0.412. The van der Waals surface area contributed by atoms with Crippen LogP contribution in [0.3, 0.4) is 0 Å². The Morgan fingerprint density at radius 1 is 1.00 bits per heavy atom. The minimum atomic E-state index is -0.105. The number of rotatable bonds is 7. The molecule has 0 aliphatic carbocycles. The van der Waals surface area contributed by atoms with Gasteiger partial charge in [-0.05, 0) is 49.4 Å². The molecule has 0 bridgehead atoms. The molecule has 0 radical (unpaired) electrons. The Bertz CT molecular complexity index is 1320. The van der Waals surface area contributed by atoms with Gasteiger partial charge >= 0.3 is 0 Å². The second-order valence-electron chi connectivity index (χ2n) is 8.75. The molecule has 3 aromatic heterocycles. The lowest BCUT2D eigenvalue weighted by Crippen LogP contribution is -2.19. The number of anilines is 1. The number of carbonyl (C=O) groups is 1. The predicted molar refractivity (Wildman–Crippen MR) is 136 cm³/mol. The first kappa shape index (κ1) is 23.3. The molecule has 0 fully saturated rings. The number of nitrogens with zero attached hydrogens (tertiary/aromatic N) is 4. The molecule has 2 atom stereocenters. The average Bonchev–Trinajstić information content (AvgIpc) is 2.85. The van der Waals surface area contributed by atoms with Crippen molar-refractivity contribution in [3.05, 3.63) is 77.5 Å². The van der Waals surface area contributed by atoms with Gasteiger partial charge in [-0.25, -0.2) is 9.97 Å². The highest BCUT2D eigenvalue weighted by Gasteiger charge is 2.19. The smallest absolute Gasteiger partial charge is 0.251 e. The standard InChI is InChI=1S/C27H30N6O/c1-16(14-30-25-13-24(31-15-32-25)20-11-17(2)33-18(3)12-20)19(4)21-7-6-8-22-23(27(34)28-5)9-10-29-26(21)22/h6-13,15-16,19H,14H2,1-5H3,(H,28,34)(H,30,31,32). The van der Waals surface area contributed by atoms with Gasteiger partial charge in [0.2, 0.25) is 0 Å². The molecule has 1 amide bonds. The van der Waals surface area contributed by atoms with Gasteiger partial charge in [-0.2, -0.15) is 0 Å². The highest BCUT2D eigenvalue weighted by molar-refractivity contribution is 6.06. The zero-order valence-corrected chi connectivity index (χ0v) is 20.3. The third kappa shape index (κ3) is 4.88. The number of carbonyl (C=O) groups excluding carboxylic acids is 1. The molecule has 2 unspecified atom stereocenters. The molecule has 4 aromatic rings. The highest BCUT2D eigenvalue weighted by Crippen LogP contribution is 2.31. The van der Waals surface area contributed by atoms with Gasteiger partial charge in [-0.15, -0.1) is 0 Å². The fourth-order valence-corrected chi connectivity index (χ4v) is 4.24. The van der Waals surface area contributed by atoms with Gasteiger partial charge in [0.25, 0.3) is 5.91 Å². The van der Waals surface area contributed by atoms with Crippen LogP contribution in [0.5, 0.6) is 0 Å². The molecule has 3 heterocycles. The van der Waals surface area contributed by atoms with E-state index < -0.39 is 0 Å². The molecule has 0 saturated heterocycles. The maximum absolute atomic E-state index is 12.3. The van der Waals surface area contributed by atoms with Crippen LogP contribution in [0.15, 0.2) is 55.0 Å². The highest BCUT2D eigenvalue weighted by atomic mass is 16.1. The van der Waals surface area contributed by atoms with Gasteiger partial charge in [-0.3, -0.25) is 14.8 Å². The Kier molecular flexibility index (Phi) is 6.82. The lowest BCUT2D eigenvalue weighted by molar-refractivity contribution is 0.0964. The largest absolute Gasteiger partial charge is 0.370 e. The first-order valence-electron chi connectivity index (χ1n) is 11.5. The van der Waals surface area contributed by atoms with Crippen molar-refractivity contribution in [2.75, 3.05) is 18.9 Å². The van der Waals surface area contributed by atoms with Crippen LogP contribution in [0.25, 0.3) is 22.2 Å². The van der Waals surface area contributed by atoms with E-state index in [1.165, 1.54) is 0 Å². The summed E-state index contributed by atoms with van der Waals surface area (Å²) >= 11 is 0. The van der Waals surface area contributed by atoms with Crippen molar-refractivity contribution in [3.63, 3.8) is 0 Å². The minimum absolute atomic E-state index is 0.105. The van der Waals surface area contributed by atoms with Crippen LogP contribution in [-0.2, 0) is 0 Å². The monoisotopic (exact) mass is 454 g/mol. The molecule has 174 valence electrons. The Labute approximate surface area is 200 Å². The van der Waals surface area contributed by atoms with E-state index in [-0.39, 0.29) is 11.8 Å². The SMILES string of the molecule is CNC(=O)c1ccnc2c(C(C)C(C)CNc3cc(-c4cc(C)nc(C)c4)ncn3)cccc12. The minimum Gasteiger partial charge on any atom is -0.370 e. The Hall–Kier alpha value is -3.87. The summed E-state index contributed by atoms with van der Waals surface area (Å²) < 4.78 is 0. The van der Waals surface area contributed by atoms with Crippen molar-refractivity contribution in [2.45, 2.75) is 33.6 Å². The summed E-state index contributed by atoms with van der Waals surface area (Å²) in [6.07, 6.45) is 3.29. The lowest BCUT2D eigenvalue weighted by Gasteiger charge is -2.22. The topological polar surface area (TPSA) is 92.7 Å². The number of nitrogens with one attached hydrogen (secondary N) is 2. The normalized spacial score (nSPS) is 12.9. The number of hydrogen-bond donors (Lipinski definition) is 2. The maximum Gasteiger partial charge on any atom is 0.251 e. The van der Waals surface area contributed by atoms with E-state index in [1.54, 1.807) is 25.6 Å². The molecular formula is C27H30N6O. The van der Waals surface area contributed by atoms with Crippen molar-refractivity contribution in [1.29, 1.82) is 0 Å². The Balaban J connectivity index is 1.52. The van der Waals surface area contributed by atoms with E-state index in [9.17, 15) is 4.79 Å². The summed E-state index contributed by atoms with van der Waals surface area (Å²) in [6.45, 7) is 9.11. The summed E-state index contributed by atoms with van der Waals surface area (Å²) in [5, 5.41) is 7.05. The molecular weight excluding hydrogens is 424 g/mol. The lowest BCUT2D eigenvalue weighted by atomic mass is 9.87. The summed E-state index contributed by atoms with van der Waals surface area (Å²) in [6, 6.07) is 13.9. The maximum atomic E-state index is 12.3. The van der Waals surface area contributed by atoms with Gasteiger partial charge in [0.1, 0.15) is 12.1 Å². The van der Waals surface area contributed by atoms with Crippen molar-refractivity contribution in [1.82, 2.24) is 25.3 Å². The number of amides is 1. The van der Waals surface area contributed by atoms with E-state index in [2.05, 4.69) is 50.5 Å². The van der Waals surface area contributed by atoms with Crippen LogP contribution in [0.2, 0.25) is 0 Å². The Morgan fingerprint density at radius 3 is 2.50 bits per heavy atom. The van der Waals surface area contributed by atoms with Crippen molar-refractivity contribution in [3.8, 4) is 11.3 Å². The first-order valence-corrected chi connectivity index (χ1v) is 11.5. The molecule has 7 heteroatoms. The van der Waals surface area contributed by atoms with E-state index >= 15 is 0 Å². The third-order valence-electron chi connectivity index (χ3n) is 6.27. The van der Waals surface area contributed by atoms with E-state index in [0.29, 0.717) is 11.5 Å². The summed E-state index contributed by atoms with van der Waals surface area (Å²) in [4.78, 5) is 30.2. The zero-order valence-electron chi connectivity index (χ0n) is 20.3. The number of hydrogen-bond acceptors (Lipinski definition) is 6. The fourth-order valence-electron chi connectivity index (χ4n) is 4.24. The van der Waals surface area contributed by atoms with Crippen molar-refractivity contribution < 1.29 is 4.79 Å². The summed E-state index contributed by atoms with van der Waals surface area (Å²) in [7, 11) is 1.64. The fraction of sp³-hybridized carbons (Fsp3) is 0.296. The van der Waals surface area contributed by atoms with Crippen molar-refractivity contribution >= 4 is 22.6 Å². The molecule has 34 heavy (non-hydrogen) atoms. The molecule has 0 aliphatic rings. The van der Waals surface area contributed by atoms with Gasteiger partial charge < -0.3 is 10.6 Å². The average molecular weight is 455 g/mol. The zero-order chi connectivity index (χ0) is 24.2. The molecule has 2 N–H and O–H groups in total. The summed E-state index contributed by atoms with van der Waals surface area (Å²) in [5.41, 5.74) is 6.47. The molecule has 7 nitrogen and oxygen atoms in total. The van der Waals surface area contributed by atoms with E-state index in [1.807, 2.05) is 44.2 Å². The van der Waals surface area contributed by atoms with Crippen LogP contribution in [0.4, 0.5) is 5.82 Å². The third-order valence-corrected chi connectivity index (χ3v) is 6.27. The molecule has 1 aromatic carbocycles. The number of benzene rings is 1. The second kappa shape index (κ2) is 9.95. The number of pyridine rings is 2. The van der Waals surface area contributed by atoms with E-state index in [0.717, 1.165) is 51.5 Å². The van der Waals surface area contributed by atoms with E-state index in [4.69, 9.17) is 0 Å². The molecule has 0 aliphatic heterocycles. The van der Waals surface area contributed by atoms with Crippen LogP contribution >= 0.6 is 0 Å².